The van der Waals surface area contributed by atoms with Crippen LogP contribution in [0.4, 0.5) is 11.4 Å². The maximum absolute atomic E-state index is 14.3. The van der Waals surface area contributed by atoms with Crippen LogP contribution in [0, 0.1) is 0 Å². The van der Waals surface area contributed by atoms with E-state index in [4.69, 9.17) is 21.1 Å². The Kier molecular flexibility index (Phi) is 12.1. The summed E-state index contributed by atoms with van der Waals surface area (Å²) >= 11 is 6.42. The topological polar surface area (TPSA) is 144 Å². The van der Waals surface area contributed by atoms with Gasteiger partial charge in [-0.05, 0) is 84.3 Å². The van der Waals surface area contributed by atoms with E-state index in [1.165, 1.54) is 18.9 Å². The summed E-state index contributed by atoms with van der Waals surface area (Å²) in [4.78, 5) is 73.5. The van der Waals surface area contributed by atoms with Crippen LogP contribution in [-0.4, -0.2) is 72.7 Å². The molecule has 14 heteroatoms. The average molecular weight is 829 g/mol. The standard InChI is InChI=1S/C46H45ClN6O7/c1-50(33-16-20-35(59-3)21-17-33)43(56)38(25-30-11-7-5-8-12-30)48-41(54)28-52-39-24-15-32(47)26-40(39)53(45(52)58)29-42(55)49-46(27-37(46)31-13-9-6-10-14-31)44(57)51(2)34-18-22-36(60-4)23-19-34/h5-24,26,37-38H,25,27-29H2,1-4H3,(H,48,54)(H,49,55)/t37?,38-,46?/m0/s1. The minimum absolute atomic E-state index is 0.191. The minimum Gasteiger partial charge on any atom is -0.497 e. The molecule has 6 aromatic rings. The summed E-state index contributed by atoms with van der Waals surface area (Å²) in [5.41, 5.74) is 1.66. The van der Waals surface area contributed by atoms with Gasteiger partial charge in [0.2, 0.25) is 17.7 Å². The third-order valence-corrected chi connectivity index (χ3v) is 11.2. The van der Waals surface area contributed by atoms with Crippen molar-refractivity contribution in [2.24, 2.45) is 0 Å². The Morgan fingerprint density at radius 2 is 1.28 bits per heavy atom. The molecular weight excluding hydrogens is 784 g/mol. The van der Waals surface area contributed by atoms with E-state index in [2.05, 4.69) is 10.6 Å². The second-order valence-electron chi connectivity index (χ2n) is 14.7. The number of rotatable bonds is 15. The van der Waals surface area contributed by atoms with Gasteiger partial charge in [-0.2, -0.15) is 0 Å². The second-order valence-corrected chi connectivity index (χ2v) is 15.2. The van der Waals surface area contributed by atoms with Gasteiger partial charge in [0.25, 0.3) is 5.91 Å². The summed E-state index contributed by atoms with van der Waals surface area (Å²) in [7, 11) is 6.39. The monoisotopic (exact) mass is 828 g/mol. The Balaban J connectivity index is 1.14. The molecule has 3 atom stereocenters. The van der Waals surface area contributed by atoms with Gasteiger partial charge >= 0.3 is 5.69 Å². The largest absolute Gasteiger partial charge is 0.497 e. The van der Waals surface area contributed by atoms with Gasteiger partial charge in [-0.1, -0.05) is 72.3 Å². The Labute approximate surface area is 352 Å². The molecule has 308 valence electrons. The van der Waals surface area contributed by atoms with Crippen LogP contribution in [0.3, 0.4) is 0 Å². The van der Waals surface area contributed by atoms with Gasteiger partial charge in [0.05, 0.1) is 25.3 Å². The lowest BCUT2D eigenvalue weighted by Crippen LogP contribution is -2.52. The molecule has 0 saturated heterocycles. The summed E-state index contributed by atoms with van der Waals surface area (Å²) in [5.74, 6) is -0.912. The first-order valence-corrected chi connectivity index (χ1v) is 19.7. The van der Waals surface area contributed by atoms with Crippen molar-refractivity contribution >= 4 is 57.6 Å². The van der Waals surface area contributed by atoms with Crippen LogP contribution >= 0.6 is 11.6 Å². The van der Waals surface area contributed by atoms with Crippen LogP contribution in [0.25, 0.3) is 11.0 Å². The zero-order chi connectivity index (χ0) is 42.6. The fourth-order valence-corrected chi connectivity index (χ4v) is 7.80. The molecule has 0 bridgehead atoms. The average Bonchev–Trinajstić information content (AvgIpc) is 3.95. The van der Waals surface area contributed by atoms with Gasteiger partial charge in [-0.3, -0.25) is 28.3 Å². The van der Waals surface area contributed by atoms with Crippen molar-refractivity contribution in [3.63, 3.8) is 0 Å². The summed E-state index contributed by atoms with van der Waals surface area (Å²) in [5, 5.41) is 6.18. The van der Waals surface area contributed by atoms with Crippen molar-refractivity contribution in [2.45, 2.75) is 43.4 Å². The van der Waals surface area contributed by atoms with E-state index >= 15 is 0 Å². The molecule has 0 spiro atoms. The molecule has 1 saturated carbocycles. The predicted molar refractivity (Wildman–Crippen MR) is 231 cm³/mol. The highest BCUT2D eigenvalue weighted by Gasteiger charge is 2.62. The van der Waals surface area contributed by atoms with Crippen molar-refractivity contribution in [3.8, 4) is 11.5 Å². The number of likely N-dealkylation sites (N-methyl/N-ethyl adjacent to an activating group) is 2. The van der Waals surface area contributed by atoms with Gasteiger partial charge in [-0.15, -0.1) is 0 Å². The number of carbonyl (C=O) groups is 4. The normalized spacial score (nSPS) is 16.1. The van der Waals surface area contributed by atoms with Crippen LogP contribution in [0.15, 0.2) is 132 Å². The molecule has 2 N–H and O–H groups in total. The van der Waals surface area contributed by atoms with Crippen molar-refractivity contribution < 1.29 is 28.7 Å². The molecule has 1 fully saturated rings. The first-order valence-electron chi connectivity index (χ1n) is 19.3. The molecule has 5 aromatic carbocycles. The number of nitrogens with zero attached hydrogens (tertiary/aromatic N) is 4. The predicted octanol–water partition coefficient (Wildman–Crippen LogP) is 5.57. The molecular formula is C46H45ClN6O7. The van der Waals surface area contributed by atoms with E-state index in [9.17, 15) is 24.0 Å². The van der Waals surface area contributed by atoms with E-state index in [1.807, 2.05) is 60.7 Å². The number of carbonyl (C=O) groups excluding carboxylic acids is 4. The number of imidazole rings is 1. The second kappa shape index (κ2) is 17.6. The number of hydrogen-bond acceptors (Lipinski definition) is 7. The zero-order valence-corrected chi connectivity index (χ0v) is 34.4. The number of anilines is 2. The van der Waals surface area contributed by atoms with Crippen LogP contribution in [0.5, 0.6) is 11.5 Å². The number of benzene rings is 5. The number of halogens is 1. The summed E-state index contributed by atoms with van der Waals surface area (Å²) < 4.78 is 13.0. The molecule has 0 radical (unpaired) electrons. The Morgan fingerprint density at radius 3 is 1.88 bits per heavy atom. The van der Waals surface area contributed by atoms with Gasteiger partial charge in [-0.25, -0.2) is 4.79 Å². The number of aromatic nitrogens is 2. The molecule has 7 rings (SSSR count). The number of amides is 4. The van der Waals surface area contributed by atoms with Crippen LogP contribution in [0.2, 0.25) is 5.02 Å². The maximum Gasteiger partial charge on any atom is 0.330 e. The molecule has 1 aromatic heterocycles. The van der Waals surface area contributed by atoms with E-state index < -0.39 is 42.2 Å². The smallest absolute Gasteiger partial charge is 0.330 e. The molecule has 0 aliphatic heterocycles. The molecule has 4 amide bonds. The number of nitrogens with one attached hydrogen (secondary N) is 2. The highest BCUT2D eigenvalue weighted by atomic mass is 35.5. The Bertz CT molecular complexity index is 2580. The lowest BCUT2D eigenvalue weighted by atomic mass is 10.0. The third-order valence-electron chi connectivity index (χ3n) is 11.0. The van der Waals surface area contributed by atoms with Gasteiger partial charge in [0.15, 0.2) is 0 Å². The van der Waals surface area contributed by atoms with Crippen molar-refractivity contribution in [1.82, 2.24) is 19.8 Å². The van der Waals surface area contributed by atoms with Crippen LogP contribution in [0.1, 0.15) is 23.5 Å². The van der Waals surface area contributed by atoms with Gasteiger partial charge in [0, 0.05) is 42.8 Å². The molecule has 1 aliphatic rings. The number of hydrogen-bond donors (Lipinski definition) is 2. The van der Waals surface area contributed by atoms with E-state index in [0.29, 0.717) is 45.4 Å². The van der Waals surface area contributed by atoms with Gasteiger partial charge < -0.3 is 29.9 Å². The van der Waals surface area contributed by atoms with Crippen molar-refractivity contribution in [2.75, 3.05) is 38.1 Å². The fourth-order valence-electron chi connectivity index (χ4n) is 7.63. The Hall–Kier alpha value is -6.86. The van der Waals surface area contributed by atoms with Crippen LogP contribution < -0.4 is 35.6 Å². The van der Waals surface area contributed by atoms with Crippen molar-refractivity contribution in [1.29, 1.82) is 0 Å². The number of fused-ring (bicyclic) bond motifs is 1. The highest BCUT2D eigenvalue weighted by Crippen LogP contribution is 2.53. The number of ether oxygens (including phenoxy) is 2. The summed E-state index contributed by atoms with van der Waals surface area (Å²) in [6, 6.07) is 36.5. The maximum atomic E-state index is 14.3. The molecule has 1 aliphatic carbocycles. The van der Waals surface area contributed by atoms with E-state index in [0.717, 1.165) is 11.1 Å². The van der Waals surface area contributed by atoms with E-state index in [1.54, 1.807) is 95.0 Å². The fraction of sp³-hybridized carbons (Fsp3) is 0.239. The lowest BCUT2D eigenvalue weighted by molar-refractivity contribution is -0.128. The third kappa shape index (κ3) is 8.62. The quantitative estimate of drug-likeness (QED) is 0.138. The van der Waals surface area contributed by atoms with E-state index in [-0.39, 0.29) is 24.2 Å². The summed E-state index contributed by atoms with van der Waals surface area (Å²) in [6.07, 6.45) is 0.539. The lowest BCUT2D eigenvalue weighted by Gasteiger charge is -2.26. The number of methoxy groups -OCH3 is 2. The molecule has 60 heavy (non-hydrogen) atoms. The van der Waals surface area contributed by atoms with Crippen molar-refractivity contribution in [3.05, 3.63) is 154 Å². The van der Waals surface area contributed by atoms with Gasteiger partial charge in [0.1, 0.15) is 36.2 Å². The molecule has 13 nitrogen and oxygen atoms in total. The first-order chi connectivity index (χ1) is 28.9. The first kappa shape index (κ1) is 41.3. The summed E-state index contributed by atoms with van der Waals surface area (Å²) in [6.45, 7) is -0.920. The minimum atomic E-state index is -1.29. The zero-order valence-electron chi connectivity index (χ0n) is 33.6. The Morgan fingerprint density at radius 1 is 0.733 bits per heavy atom. The molecule has 1 heterocycles. The van der Waals surface area contributed by atoms with Crippen LogP contribution in [-0.2, 0) is 38.7 Å². The molecule has 2 unspecified atom stereocenters. The SMILES string of the molecule is COc1ccc(N(C)C(=O)[C@H](Cc2ccccc2)NC(=O)Cn2c(=O)n(CC(=O)NC3(C(=O)N(C)c4ccc(OC)cc4)CC3c3ccccc3)c3cc(Cl)ccc32)cc1. The highest BCUT2D eigenvalue weighted by molar-refractivity contribution is 6.31.